The number of nitrogens with one attached hydrogen (secondary N) is 1. The van der Waals surface area contributed by atoms with Crippen molar-refractivity contribution in [2.75, 3.05) is 5.73 Å². The summed E-state index contributed by atoms with van der Waals surface area (Å²) in [6.45, 7) is 5.37. The Kier molecular flexibility index (Phi) is 17.2. The zero-order valence-corrected chi connectivity index (χ0v) is 36.8. The Morgan fingerprint density at radius 3 is 1.72 bits per heavy atom. The molecule has 0 radical (unpaired) electrons. The van der Waals surface area contributed by atoms with Crippen LogP contribution in [0.25, 0.3) is 0 Å². The highest BCUT2D eigenvalue weighted by atomic mass is 35.5. The molecule has 0 unspecified atom stereocenters. The number of aromatic amines is 1. The Morgan fingerprint density at radius 1 is 0.750 bits per heavy atom. The number of ether oxygens (including phenoxy) is 1. The molecular weight excluding hydrogens is 877 g/mol. The lowest BCUT2D eigenvalue weighted by Crippen LogP contribution is -2.29. The third kappa shape index (κ3) is 12.9. The number of rotatable bonds is 12. The van der Waals surface area contributed by atoms with Crippen LogP contribution in [0.2, 0.25) is 15.3 Å². The average molecular weight is 933 g/mol. The van der Waals surface area contributed by atoms with Crippen molar-refractivity contribution in [2.24, 2.45) is 11.5 Å². The lowest BCUT2D eigenvalue weighted by atomic mass is 9.88. The third-order valence-corrected chi connectivity index (χ3v) is 11.3. The summed E-state index contributed by atoms with van der Waals surface area (Å²) in [7, 11) is 0. The van der Waals surface area contributed by atoms with Gasteiger partial charge in [0.15, 0.2) is 0 Å². The van der Waals surface area contributed by atoms with Crippen LogP contribution in [-0.2, 0) is 57.3 Å². The van der Waals surface area contributed by atoms with E-state index in [1.165, 1.54) is 18.6 Å². The SMILES string of the molecule is C.C.CC(C)(C)OC(=O)n1cc(N)cn1.NC(=O)C1(c2ccccc2CCc2nc(Cc3cn[nH]c3)ncc2Cl)CC1.NC(=O)C1(c2ccccc2CCc2nc(Cl)ncc2Cl)CC1. The first-order chi connectivity index (χ1) is 29.5. The molecule has 2 saturated carbocycles. The number of nitrogens with zero attached hydrogens (tertiary/aromatic N) is 7. The molecule has 2 amide bonds. The van der Waals surface area contributed by atoms with Gasteiger partial charge in [-0.05, 0) is 112 Å². The summed E-state index contributed by atoms with van der Waals surface area (Å²) < 4.78 is 6.11. The van der Waals surface area contributed by atoms with Crippen LogP contribution in [0.1, 0.15) is 106 Å². The summed E-state index contributed by atoms with van der Waals surface area (Å²) in [5.74, 6) is 0.223. The molecule has 4 heterocycles. The van der Waals surface area contributed by atoms with E-state index in [1.807, 2.05) is 48.7 Å². The quantitative estimate of drug-likeness (QED) is 0.0851. The van der Waals surface area contributed by atoms with Crippen LogP contribution in [0.4, 0.5) is 10.5 Å². The number of aryl methyl sites for hydroxylation is 4. The minimum Gasteiger partial charge on any atom is -0.442 e. The Labute approximate surface area is 388 Å². The first kappa shape index (κ1) is 50.7. The lowest BCUT2D eigenvalue weighted by molar-refractivity contribution is -0.121. The summed E-state index contributed by atoms with van der Waals surface area (Å²) in [6.07, 6.45) is 15.7. The number of halogens is 3. The second-order valence-corrected chi connectivity index (χ2v) is 17.4. The lowest BCUT2D eigenvalue weighted by Gasteiger charge is -2.18. The standard InChI is InChI=1S/C20H20ClN5O.C16H15Cl2N3O.C8H13N3O2.2CH4/c21-16-12-23-18(9-13-10-24-25-11-13)26-17(16)6-5-14-3-1-2-4-15(14)20(7-8-20)19(22)27;17-12-9-20-15(18)21-13(12)6-5-10-3-1-2-4-11(10)16(7-8-16)14(19)22;1-8(2,3)13-7(12)11-5-6(9)4-10-11;;/h1-4,10-12H,5-9H2,(H2,22,27)(H,24,25);1-4,9H,5-8H2,(H2,19,22);4-5H,9H2,1-3H3;2*1H4. The summed E-state index contributed by atoms with van der Waals surface area (Å²) in [4.78, 5) is 52.0. The fourth-order valence-corrected chi connectivity index (χ4v) is 7.55. The van der Waals surface area contributed by atoms with Gasteiger partial charge in [-0.1, -0.05) is 86.6 Å². The molecule has 0 saturated heterocycles. The van der Waals surface area contributed by atoms with Crippen LogP contribution in [0, 0.1) is 0 Å². The molecule has 18 heteroatoms. The molecular formula is C46H56Cl3N11O4. The fourth-order valence-electron chi connectivity index (χ4n) is 7.02. The number of nitrogens with two attached hydrogens (primary N) is 3. The maximum Gasteiger partial charge on any atom is 0.435 e. The minimum atomic E-state index is -0.524. The number of anilines is 1. The molecule has 0 atom stereocenters. The molecule has 7 N–H and O–H groups in total. The van der Waals surface area contributed by atoms with Crippen molar-refractivity contribution in [3.05, 3.63) is 146 Å². The van der Waals surface area contributed by atoms with E-state index in [1.54, 1.807) is 33.2 Å². The van der Waals surface area contributed by atoms with E-state index in [2.05, 4.69) is 41.3 Å². The van der Waals surface area contributed by atoms with Gasteiger partial charge in [-0.25, -0.2) is 24.7 Å². The molecule has 8 rings (SSSR count). The maximum atomic E-state index is 11.9. The molecule has 340 valence electrons. The largest absolute Gasteiger partial charge is 0.442 e. The maximum absolute atomic E-state index is 11.9. The number of H-pyrrole nitrogens is 1. The van der Waals surface area contributed by atoms with Crippen molar-refractivity contribution in [3.63, 3.8) is 0 Å². The first-order valence-electron chi connectivity index (χ1n) is 19.9. The van der Waals surface area contributed by atoms with Gasteiger partial charge in [0.25, 0.3) is 0 Å². The van der Waals surface area contributed by atoms with E-state index in [-0.39, 0.29) is 32.0 Å². The highest BCUT2D eigenvalue weighted by molar-refractivity contribution is 6.32. The smallest absolute Gasteiger partial charge is 0.435 e. The zero-order chi connectivity index (χ0) is 44.7. The number of primary amides is 2. The molecule has 0 spiro atoms. The van der Waals surface area contributed by atoms with Gasteiger partial charge in [0, 0.05) is 18.8 Å². The average Bonchev–Trinajstić information content (AvgIpc) is 4.13. The minimum absolute atomic E-state index is 0. The molecule has 15 nitrogen and oxygen atoms in total. The molecule has 2 aliphatic carbocycles. The van der Waals surface area contributed by atoms with Crippen molar-refractivity contribution in [1.29, 1.82) is 0 Å². The molecule has 0 aliphatic heterocycles. The zero-order valence-electron chi connectivity index (χ0n) is 34.6. The Hall–Kier alpha value is -5.90. The van der Waals surface area contributed by atoms with Crippen LogP contribution in [0.3, 0.4) is 0 Å². The van der Waals surface area contributed by atoms with Gasteiger partial charge in [0.1, 0.15) is 11.4 Å². The van der Waals surface area contributed by atoms with Crippen LogP contribution < -0.4 is 17.2 Å². The van der Waals surface area contributed by atoms with Gasteiger partial charge in [-0.3, -0.25) is 14.7 Å². The molecule has 0 bridgehead atoms. The number of aromatic nitrogens is 8. The summed E-state index contributed by atoms with van der Waals surface area (Å²) in [5.41, 5.74) is 22.4. The van der Waals surface area contributed by atoms with Gasteiger partial charge >= 0.3 is 6.09 Å². The highest BCUT2D eigenvalue weighted by Gasteiger charge is 2.51. The summed E-state index contributed by atoms with van der Waals surface area (Å²) >= 11 is 18.2. The predicted octanol–water partition coefficient (Wildman–Crippen LogP) is 8.35. The number of carbonyl (C=O) groups excluding carboxylic acids is 3. The highest BCUT2D eigenvalue weighted by Crippen LogP contribution is 2.50. The van der Waals surface area contributed by atoms with Gasteiger partial charge in [-0.15, -0.1) is 0 Å². The van der Waals surface area contributed by atoms with Crippen LogP contribution in [0.15, 0.2) is 85.7 Å². The first-order valence-corrected chi connectivity index (χ1v) is 21.1. The topological polar surface area (TPSA) is 237 Å². The number of benzene rings is 2. The molecule has 2 aromatic carbocycles. The normalized spacial score (nSPS) is 13.9. The van der Waals surface area contributed by atoms with E-state index in [4.69, 9.17) is 56.7 Å². The van der Waals surface area contributed by atoms with Crippen LogP contribution in [-0.4, -0.2) is 63.4 Å². The second-order valence-electron chi connectivity index (χ2n) is 16.2. The van der Waals surface area contributed by atoms with Crippen LogP contribution >= 0.6 is 34.8 Å². The van der Waals surface area contributed by atoms with Crippen molar-refractivity contribution in [2.45, 2.75) is 110 Å². The van der Waals surface area contributed by atoms with Crippen molar-refractivity contribution in [3.8, 4) is 0 Å². The van der Waals surface area contributed by atoms with Crippen molar-refractivity contribution in [1.82, 2.24) is 39.9 Å². The second kappa shape index (κ2) is 21.7. The molecule has 2 fully saturated rings. The van der Waals surface area contributed by atoms with E-state index in [0.29, 0.717) is 46.5 Å². The van der Waals surface area contributed by atoms with Gasteiger partial charge in [0.05, 0.1) is 62.7 Å². The van der Waals surface area contributed by atoms with E-state index in [0.717, 1.165) is 76.7 Å². The third-order valence-electron chi connectivity index (χ3n) is 10.5. The number of hydrogen-bond donors (Lipinski definition) is 4. The molecule has 64 heavy (non-hydrogen) atoms. The van der Waals surface area contributed by atoms with Gasteiger partial charge in [-0.2, -0.15) is 14.9 Å². The number of nitrogen functional groups attached to an aromatic ring is 1. The monoisotopic (exact) mass is 931 g/mol. The van der Waals surface area contributed by atoms with E-state index < -0.39 is 22.5 Å². The van der Waals surface area contributed by atoms with Gasteiger partial charge in [0.2, 0.25) is 17.1 Å². The number of hydrogen-bond acceptors (Lipinski definition) is 11. The van der Waals surface area contributed by atoms with Gasteiger partial charge < -0.3 is 21.9 Å². The summed E-state index contributed by atoms with van der Waals surface area (Å²) in [6, 6.07) is 15.9. The Morgan fingerprint density at radius 2 is 1.27 bits per heavy atom. The molecule has 2 aliphatic rings. The van der Waals surface area contributed by atoms with Crippen molar-refractivity contribution >= 4 is 58.4 Å². The molecule has 4 aromatic heterocycles. The predicted molar refractivity (Wildman–Crippen MR) is 250 cm³/mol. The number of carbonyl (C=O) groups is 3. The number of amides is 2. The Bertz CT molecular complexity index is 2530. The summed E-state index contributed by atoms with van der Waals surface area (Å²) in [5, 5.41) is 11.7. The van der Waals surface area contributed by atoms with E-state index >= 15 is 0 Å². The van der Waals surface area contributed by atoms with E-state index in [9.17, 15) is 14.4 Å². The fraction of sp³-hybridized carbons (Fsp3) is 0.370. The van der Waals surface area contributed by atoms with Crippen molar-refractivity contribution < 1.29 is 19.1 Å². The van der Waals surface area contributed by atoms with Crippen LogP contribution in [0.5, 0.6) is 0 Å². The molecule has 6 aromatic rings. The Balaban J connectivity index is 0.000000219.